The molecule has 3 rings (SSSR count). The van der Waals surface area contributed by atoms with Gasteiger partial charge in [0.25, 0.3) is 0 Å². The maximum absolute atomic E-state index is 12.9. The summed E-state index contributed by atoms with van der Waals surface area (Å²) in [6, 6.07) is 8.36. The lowest BCUT2D eigenvalue weighted by atomic mass is 9.94. The van der Waals surface area contributed by atoms with Gasteiger partial charge in [0.1, 0.15) is 12.4 Å². The first kappa shape index (κ1) is 17.4. The number of rotatable bonds is 6. The summed E-state index contributed by atoms with van der Waals surface area (Å²) < 4.78 is 14.5. The van der Waals surface area contributed by atoms with E-state index in [1.165, 1.54) is 12.1 Å². The van der Waals surface area contributed by atoms with Crippen molar-refractivity contribution in [3.05, 3.63) is 59.7 Å². The fraction of sp³-hybridized carbons (Fsp3) is 0.368. The molecule has 132 valence electrons. The Labute approximate surface area is 146 Å². The van der Waals surface area contributed by atoms with E-state index in [2.05, 4.69) is 16.1 Å². The van der Waals surface area contributed by atoms with Crippen molar-refractivity contribution in [2.24, 2.45) is 0 Å². The van der Waals surface area contributed by atoms with E-state index < -0.39 is 5.97 Å². The maximum atomic E-state index is 12.9. The number of halogens is 1. The number of aromatic nitrogens is 2. The van der Waals surface area contributed by atoms with Crippen molar-refractivity contribution in [1.29, 1.82) is 0 Å². The van der Waals surface area contributed by atoms with Crippen molar-refractivity contribution < 1.29 is 14.3 Å². The number of piperidine rings is 1. The number of likely N-dealkylation sites (tertiary alicyclic amines) is 1. The van der Waals surface area contributed by atoms with Crippen molar-refractivity contribution in [2.45, 2.75) is 25.3 Å². The molecule has 25 heavy (non-hydrogen) atoms. The summed E-state index contributed by atoms with van der Waals surface area (Å²) in [5, 5.41) is 13.1. The quantitative estimate of drug-likeness (QED) is 0.876. The van der Waals surface area contributed by atoms with Crippen LogP contribution in [-0.4, -0.2) is 45.4 Å². The summed E-state index contributed by atoms with van der Waals surface area (Å²) in [5.74, 6) is -0.802. The Morgan fingerprint density at radius 1 is 1.32 bits per heavy atom. The van der Waals surface area contributed by atoms with Crippen molar-refractivity contribution >= 4 is 12.0 Å². The molecule has 1 N–H and O–H groups in total. The van der Waals surface area contributed by atoms with Crippen LogP contribution in [0.4, 0.5) is 4.39 Å². The zero-order valence-corrected chi connectivity index (χ0v) is 14.0. The molecule has 0 aliphatic carbocycles. The van der Waals surface area contributed by atoms with E-state index in [-0.39, 0.29) is 12.4 Å². The number of hydrogen-bond donors (Lipinski definition) is 1. The van der Waals surface area contributed by atoms with Crippen LogP contribution < -0.4 is 0 Å². The average Bonchev–Trinajstić information content (AvgIpc) is 3.04. The molecule has 1 aromatic heterocycles. The van der Waals surface area contributed by atoms with Gasteiger partial charge in [-0.05, 0) is 43.1 Å². The smallest absolute Gasteiger partial charge is 0.325 e. The minimum absolute atomic E-state index is 0.0939. The van der Waals surface area contributed by atoms with Gasteiger partial charge in [-0.15, -0.1) is 0 Å². The van der Waals surface area contributed by atoms with Crippen molar-refractivity contribution in [3.8, 4) is 0 Å². The number of carboxylic acids is 1. The summed E-state index contributed by atoms with van der Waals surface area (Å²) in [6.07, 6.45) is 7.88. The summed E-state index contributed by atoms with van der Waals surface area (Å²) >= 11 is 0. The van der Waals surface area contributed by atoms with Crippen LogP contribution in [0.2, 0.25) is 0 Å². The Hall–Kier alpha value is -2.47. The van der Waals surface area contributed by atoms with Gasteiger partial charge in [0, 0.05) is 30.9 Å². The Kier molecular flexibility index (Phi) is 5.60. The lowest BCUT2D eigenvalue weighted by Crippen LogP contribution is -2.35. The number of hydrogen-bond acceptors (Lipinski definition) is 3. The van der Waals surface area contributed by atoms with Crippen molar-refractivity contribution in [2.75, 3.05) is 19.6 Å². The third-order valence-corrected chi connectivity index (χ3v) is 4.50. The van der Waals surface area contributed by atoms with Gasteiger partial charge < -0.3 is 5.11 Å². The molecular formula is C19H22FN3O2. The number of carboxylic acid groups (broad SMARTS) is 1. The van der Waals surface area contributed by atoms with Gasteiger partial charge in [0.2, 0.25) is 0 Å². The lowest BCUT2D eigenvalue weighted by molar-refractivity contribution is -0.137. The van der Waals surface area contributed by atoms with Crippen LogP contribution in [-0.2, 0) is 11.3 Å². The van der Waals surface area contributed by atoms with Crippen LogP contribution in [0.5, 0.6) is 0 Å². The normalized spacial score (nSPS) is 18.7. The Morgan fingerprint density at radius 3 is 2.88 bits per heavy atom. The predicted octanol–water partition coefficient (Wildman–Crippen LogP) is 3.00. The van der Waals surface area contributed by atoms with E-state index in [1.807, 2.05) is 12.1 Å². The molecule has 0 spiro atoms. The zero-order chi connectivity index (χ0) is 17.6. The fourth-order valence-corrected chi connectivity index (χ4v) is 3.32. The molecule has 1 aliphatic rings. The molecule has 0 amide bonds. The van der Waals surface area contributed by atoms with Crippen molar-refractivity contribution in [1.82, 2.24) is 14.7 Å². The molecule has 1 aromatic carbocycles. The predicted molar refractivity (Wildman–Crippen MR) is 93.7 cm³/mol. The summed E-state index contributed by atoms with van der Waals surface area (Å²) in [7, 11) is 0. The molecule has 1 atom stereocenters. The Bertz CT molecular complexity index is 739. The molecule has 6 heteroatoms. The molecule has 0 saturated carbocycles. The molecule has 1 aliphatic heterocycles. The number of carbonyl (C=O) groups is 1. The highest BCUT2D eigenvalue weighted by atomic mass is 19.1. The molecule has 2 aromatic rings. The molecule has 0 radical (unpaired) electrons. The van der Waals surface area contributed by atoms with E-state index in [9.17, 15) is 9.18 Å². The third-order valence-electron chi connectivity index (χ3n) is 4.50. The van der Waals surface area contributed by atoms with E-state index in [0.29, 0.717) is 5.92 Å². The van der Waals surface area contributed by atoms with Gasteiger partial charge in [-0.3, -0.25) is 14.4 Å². The number of aliphatic carboxylic acids is 1. The van der Waals surface area contributed by atoms with Crippen LogP contribution in [0.1, 0.15) is 30.0 Å². The summed E-state index contributed by atoms with van der Waals surface area (Å²) in [4.78, 5) is 13.3. The highest BCUT2D eigenvalue weighted by Gasteiger charge is 2.23. The first-order chi connectivity index (χ1) is 12.1. The topological polar surface area (TPSA) is 58.4 Å². The van der Waals surface area contributed by atoms with Crippen LogP contribution in [0.3, 0.4) is 0 Å². The number of benzene rings is 1. The SMILES string of the molecule is O=C(O)Cn1nccc1C1CCCN(CC=Cc2ccc(F)cc2)C1. The maximum Gasteiger partial charge on any atom is 0.325 e. The summed E-state index contributed by atoms with van der Waals surface area (Å²) in [6.45, 7) is 2.64. The first-order valence-corrected chi connectivity index (χ1v) is 8.50. The Balaban J connectivity index is 1.59. The summed E-state index contributed by atoms with van der Waals surface area (Å²) in [5.41, 5.74) is 1.98. The average molecular weight is 343 g/mol. The second kappa shape index (κ2) is 8.07. The Morgan fingerprint density at radius 2 is 2.12 bits per heavy atom. The van der Waals surface area contributed by atoms with Crippen molar-refractivity contribution in [3.63, 3.8) is 0 Å². The van der Waals surface area contributed by atoms with E-state index in [0.717, 1.165) is 43.7 Å². The van der Waals surface area contributed by atoms with Gasteiger partial charge >= 0.3 is 5.97 Å². The molecule has 0 bridgehead atoms. The van der Waals surface area contributed by atoms with Gasteiger partial charge in [-0.2, -0.15) is 5.10 Å². The minimum Gasteiger partial charge on any atom is -0.480 e. The molecule has 2 heterocycles. The van der Waals surface area contributed by atoms with E-state index in [4.69, 9.17) is 5.11 Å². The van der Waals surface area contributed by atoms with Gasteiger partial charge in [0.05, 0.1) is 0 Å². The van der Waals surface area contributed by atoms with Gasteiger partial charge in [0.15, 0.2) is 0 Å². The molecule has 5 nitrogen and oxygen atoms in total. The standard InChI is InChI=1S/C19H22FN3O2/c20-17-7-5-15(6-8-17)3-1-11-22-12-2-4-16(13-22)18-9-10-21-23(18)14-19(24)25/h1,3,5-10,16H,2,4,11-14H2,(H,24,25). The lowest BCUT2D eigenvalue weighted by Gasteiger charge is -2.32. The second-order valence-corrected chi connectivity index (χ2v) is 6.36. The zero-order valence-electron chi connectivity index (χ0n) is 14.0. The largest absolute Gasteiger partial charge is 0.480 e. The van der Waals surface area contributed by atoms with Gasteiger partial charge in [-0.25, -0.2) is 4.39 Å². The fourth-order valence-electron chi connectivity index (χ4n) is 3.32. The number of nitrogens with zero attached hydrogens (tertiary/aromatic N) is 3. The molecule has 1 unspecified atom stereocenters. The van der Waals surface area contributed by atoms with Gasteiger partial charge in [-0.1, -0.05) is 24.3 Å². The highest BCUT2D eigenvalue weighted by Crippen LogP contribution is 2.26. The van der Waals surface area contributed by atoms with Crippen LogP contribution in [0.25, 0.3) is 6.08 Å². The minimum atomic E-state index is -0.875. The van der Waals surface area contributed by atoms with Crippen LogP contribution >= 0.6 is 0 Å². The first-order valence-electron chi connectivity index (χ1n) is 8.50. The monoisotopic (exact) mass is 343 g/mol. The third kappa shape index (κ3) is 4.76. The molecule has 1 fully saturated rings. The highest BCUT2D eigenvalue weighted by molar-refractivity contribution is 5.66. The van der Waals surface area contributed by atoms with Crippen LogP contribution in [0.15, 0.2) is 42.6 Å². The van der Waals surface area contributed by atoms with E-state index in [1.54, 1.807) is 23.0 Å². The second-order valence-electron chi connectivity index (χ2n) is 6.36. The van der Waals surface area contributed by atoms with Crippen LogP contribution in [0, 0.1) is 5.82 Å². The molecular weight excluding hydrogens is 321 g/mol. The van der Waals surface area contributed by atoms with E-state index >= 15 is 0 Å². The molecule has 1 saturated heterocycles.